The van der Waals surface area contributed by atoms with Gasteiger partial charge in [-0.05, 0) is 31.9 Å². The lowest BCUT2D eigenvalue weighted by Crippen LogP contribution is -2.21. The predicted octanol–water partition coefficient (Wildman–Crippen LogP) is 1.89. The van der Waals surface area contributed by atoms with Gasteiger partial charge in [0.15, 0.2) is 6.61 Å². The van der Waals surface area contributed by atoms with E-state index >= 15 is 0 Å². The maximum absolute atomic E-state index is 11.5. The zero-order valence-corrected chi connectivity index (χ0v) is 9.73. The average Bonchev–Trinajstić information content (AvgIpc) is 3.13. The van der Waals surface area contributed by atoms with Crippen LogP contribution in [0.15, 0.2) is 24.3 Å². The third kappa shape index (κ3) is 3.59. The van der Waals surface area contributed by atoms with Gasteiger partial charge in [0.25, 0.3) is 5.91 Å². The van der Waals surface area contributed by atoms with E-state index in [0.717, 1.165) is 18.4 Å². The summed E-state index contributed by atoms with van der Waals surface area (Å²) in [6.07, 6.45) is 1.77. The number of ether oxygens (including phenoxy) is 1. The van der Waals surface area contributed by atoms with Gasteiger partial charge in [-0.2, -0.15) is 0 Å². The molecular formula is C13H15NO3. The molecule has 2 rings (SSSR count). The molecule has 0 aromatic heterocycles. The van der Waals surface area contributed by atoms with E-state index in [4.69, 9.17) is 4.74 Å². The summed E-state index contributed by atoms with van der Waals surface area (Å²) in [5, 5.41) is 2.67. The molecule has 1 N–H and O–H groups in total. The highest BCUT2D eigenvalue weighted by atomic mass is 16.5. The summed E-state index contributed by atoms with van der Waals surface area (Å²) in [5.41, 5.74) is 1.84. The second-order valence-electron chi connectivity index (χ2n) is 4.30. The largest absolute Gasteiger partial charge is 0.455 e. The van der Waals surface area contributed by atoms with E-state index in [9.17, 15) is 9.59 Å². The van der Waals surface area contributed by atoms with E-state index in [1.54, 1.807) is 0 Å². The molecular weight excluding hydrogens is 218 g/mol. The van der Waals surface area contributed by atoms with Crippen molar-refractivity contribution >= 4 is 17.6 Å². The fourth-order valence-electron chi connectivity index (χ4n) is 1.41. The summed E-state index contributed by atoms with van der Waals surface area (Å²) < 4.78 is 4.87. The molecule has 0 bridgehead atoms. The van der Waals surface area contributed by atoms with E-state index in [1.165, 1.54) is 0 Å². The third-order valence-electron chi connectivity index (χ3n) is 2.59. The van der Waals surface area contributed by atoms with Crippen LogP contribution >= 0.6 is 0 Å². The lowest BCUT2D eigenvalue weighted by atomic mass is 10.2. The zero-order chi connectivity index (χ0) is 12.3. The van der Waals surface area contributed by atoms with Crippen molar-refractivity contribution in [2.75, 3.05) is 11.9 Å². The molecule has 4 nitrogen and oxygen atoms in total. The molecule has 0 spiro atoms. The highest BCUT2D eigenvalue weighted by molar-refractivity contribution is 5.93. The summed E-state index contributed by atoms with van der Waals surface area (Å²) in [6.45, 7) is 1.77. The van der Waals surface area contributed by atoms with Crippen molar-refractivity contribution in [1.29, 1.82) is 0 Å². The first-order valence-corrected chi connectivity index (χ1v) is 5.68. The van der Waals surface area contributed by atoms with Crippen LogP contribution in [0.4, 0.5) is 5.69 Å². The molecule has 0 saturated heterocycles. The Hall–Kier alpha value is -1.84. The molecule has 0 unspecified atom stereocenters. The van der Waals surface area contributed by atoms with Gasteiger partial charge in [0.2, 0.25) is 0 Å². The first kappa shape index (κ1) is 11.6. The van der Waals surface area contributed by atoms with Crippen LogP contribution in [-0.4, -0.2) is 18.5 Å². The van der Waals surface area contributed by atoms with Gasteiger partial charge in [0.05, 0.1) is 5.92 Å². The van der Waals surface area contributed by atoms with E-state index < -0.39 is 0 Å². The van der Waals surface area contributed by atoms with Gasteiger partial charge >= 0.3 is 5.97 Å². The van der Waals surface area contributed by atoms with Crippen molar-refractivity contribution in [3.05, 3.63) is 29.8 Å². The molecule has 0 heterocycles. The van der Waals surface area contributed by atoms with Crippen LogP contribution in [0.5, 0.6) is 0 Å². The Morgan fingerprint density at radius 2 is 1.94 bits per heavy atom. The average molecular weight is 233 g/mol. The standard InChI is InChI=1S/C13H15NO3/c1-9-2-6-11(7-3-9)14-12(15)8-17-13(16)10-4-5-10/h2-3,6-7,10H,4-5,8H2,1H3,(H,14,15). The fourth-order valence-corrected chi connectivity index (χ4v) is 1.41. The normalized spacial score (nSPS) is 14.2. The molecule has 1 aromatic carbocycles. The van der Waals surface area contributed by atoms with Gasteiger partial charge in [-0.15, -0.1) is 0 Å². The summed E-state index contributed by atoms with van der Waals surface area (Å²) in [6, 6.07) is 7.45. The molecule has 1 aliphatic rings. The topological polar surface area (TPSA) is 55.4 Å². The summed E-state index contributed by atoms with van der Waals surface area (Å²) >= 11 is 0. The van der Waals surface area contributed by atoms with E-state index in [1.807, 2.05) is 31.2 Å². The number of nitrogens with one attached hydrogen (secondary N) is 1. The van der Waals surface area contributed by atoms with Gasteiger partial charge in [0, 0.05) is 5.69 Å². The lowest BCUT2D eigenvalue weighted by Gasteiger charge is -2.06. The SMILES string of the molecule is Cc1ccc(NC(=O)COC(=O)C2CC2)cc1. The van der Waals surface area contributed by atoms with Crippen LogP contribution in [-0.2, 0) is 14.3 Å². The number of carbonyl (C=O) groups excluding carboxylic acids is 2. The molecule has 4 heteroatoms. The van der Waals surface area contributed by atoms with Crippen LogP contribution in [0.25, 0.3) is 0 Å². The number of carbonyl (C=O) groups is 2. The maximum atomic E-state index is 11.5. The molecule has 1 aliphatic carbocycles. The Labute approximate surface area is 100.0 Å². The fraction of sp³-hybridized carbons (Fsp3) is 0.385. The minimum Gasteiger partial charge on any atom is -0.455 e. The van der Waals surface area contributed by atoms with E-state index in [-0.39, 0.29) is 24.4 Å². The summed E-state index contributed by atoms with van der Waals surface area (Å²) in [4.78, 5) is 22.7. The number of anilines is 1. The lowest BCUT2D eigenvalue weighted by molar-refractivity contribution is -0.148. The zero-order valence-electron chi connectivity index (χ0n) is 9.73. The monoisotopic (exact) mass is 233 g/mol. The Bertz CT molecular complexity index is 421. The number of rotatable bonds is 4. The van der Waals surface area contributed by atoms with Crippen LogP contribution in [0.3, 0.4) is 0 Å². The number of hydrogen-bond donors (Lipinski definition) is 1. The second-order valence-corrected chi connectivity index (χ2v) is 4.30. The predicted molar refractivity (Wildman–Crippen MR) is 63.5 cm³/mol. The van der Waals surface area contributed by atoms with Crippen molar-refractivity contribution in [2.24, 2.45) is 5.92 Å². The number of aryl methyl sites for hydroxylation is 1. The molecule has 17 heavy (non-hydrogen) atoms. The summed E-state index contributed by atoms with van der Waals surface area (Å²) in [7, 11) is 0. The smallest absolute Gasteiger partial charge is 0.309 e. The number of benzene rings is 1. The van der Waals surface area contributed by atoms with Crippen molar-refractivity contribution in [2.45, 2.75) is 19.8 Å². The van der Waals surface area contributed by atoms with Crippen LogP contribution < -0.4 is 5.32 Å². The highest BCUT2D eigenvalue weighted by Crippen LogP contribution is 2.29. The van der Waals surface area contributed by atoms with E-state index in [2.05, 4.69) is 5.32 Å². The molecule has 0 aliphatic heterocycles. The van der Waals surface area contributed by atoms with Gasteiger partial charge in [-0.1, -0.05) is 17.7 Å². The first-order valence-electron chi connectivity index (χ1n) is 5.68. The Kier molecular flexibility index (Phi) is 3.42. The van der Waals surface area contributed by atoms with Crippen molar-refractivity contribution in [3.63, 3.8) is 0 Å². The van der Waals surface area contributed by atoms with Crippen molar-refractivity contribution in [3.8, 4) is 0 Å². The van der Waals surface area contributed by atoms with Crippen molar-refractivity contribution in [1.82, 2.24) is 0 Å². The quantitative estimate of drug-likeness (QED) is 0.808. The highest BCUT2D eigenvalue weighted by Gasteiger charge is 2.31. The molecule has 90 valence electrons. The molecule has 0 atom stereocenters. The van der Waals surface area contributed by atoms with Crippen LogP contribution in [0.1, 0.15) is 18.4 Å². The third-order valence-corrected chi connectivity index (χ3v) is 2.59. The molecule has 1 fully saturated rings. The molecule has 1 amide bonds. The minimum absolute atomic E-state index is 0.0298. The molecule has 1 aromatic rings. The first-order chi connectivity index (χ1) is 8.15. The van der Waals surface area contributed by atoms with Gasteiger partial charge in [-0.25, -0.2) is 0 Å². The number of amides is 1. The minimum atomic E-state index is -0.303. The van der Waals surface area contributed by atoms with Gasteiger partial charge in [-0.3, -0.25) is 9.59 Å². The summed E-state index contributed by atoms with van der Waals surface area (Å²) in [5.74, 6) is -0.533. The second kappa shape index (κ2) is 4.99. The van der Waals surface area contributed by atoms with Gasteiger partial charge in [0.1, 0.15) is 0 Å². The Morgan fingerprint density at radius 3 is 2.53 bits per heavy atom. The van der Waals surface area contributed by atoms with Crippen LogP contribution in [0.2, 0.25) is 0 Å². The van der Waals surface area contributed by atoms with Crippen molar-refractivity contribution < 1.29 is 14.3 Å². The molecule has 1 saturated carbocycles. The number of hydrogen-bond acceptors (Lipinski definition) is 3. The Balaban J connectivity index is 1.76. The van der Waals surface area contributed by atoms with Gasteiger partial charge < -0.3 is 10.1 Å². The number of esters is 1. The molecule has 0 radical (unpaired) electrons. The van der Waals surface area contributed by atoms with E-state index in [0.29, 0.717) is 5.69 Å². The Morgan fingerprint density at radius 1 is 1.29 bits per heavy atom. The van der Waals surface area contributed by atoms with Crippen LogP contribution in [0, 0.1) is 12.8 Å². The maximum Gasteiger partial charge on any atom is 0.309 e.